The fourth-order valence-corrected chi connectivity index (χ4v) is 2.92. The number of amides is 1. The number of nitrogens with zero attached hydrogens (tertiary/aromatic N) is 2. The van der Waals surface area contributed by atoms with Crippen LogP contribution < -0.4 is 4.90 Å². The van der Waals surface area contributed by atoms with Crippen molar-refractivity contribution in [3.05, 3.63) is 29.8 Å². The molecule has 0 aliphatic carbocycles. The molecular weight excluding hydrogens is 312 g/mol. The quantitative estimate of drug-likeness (QED) is 0.761. The van der Waals surface area contributed by atoms with Gasteiger partial charge in [-0.2, -0.15) is 0 Å². The minimum atomic E-state index is -0.417. The maximum absolute atomic E-state index is 12.1. The summed E-state index contributed by atoms with van der Waals surface area (Å²) in [4.78, 5) is 16.2. The first-order valence-electron chi connectivity index (χ1n) is 9.50. The lowest BCUT2D eigenvalue weighted by molar-refractivity contribution is 0.0186. The highest BCUT2D eigenvalue weighted by Gasteiger charge is 2.27. The highest BCUT2D eigenvalue weighted by atomic mass is 16.6. The van der Waals surface area contributed by atoms with E-state index in [1.165, 1.54) is 11.3 Å². The summed E-state index contributed by atoms with van der Waals surface area (Å²) in [6.45, 7) is 14.5. The van der Waals surface area contributed by atoms with Gasteiger partial charge >= 0.3 is 6.09 Å². The maximum atomic E-state index is 12.1. The molecule has 2 rings (SSSR count). The van der Waals surface area contributed by atoms with E-state index in [4.69, 9.17) is 4.74 Å². The first-order chi connectivity index (χ1) is 11.7. The summed E-state index contributed by atoms with van der Waals surface area (Å²) in [6.07, 6.45) is 1.90. The van der Waals surface area contributed by atoms with Crippen molar-refractivity contribution in [2.75, 3.05) is 31.6 Å². The topological polar surface area (TPSA) is 32.8 Å². The number of likely N-dealkylation sites (tertiary alicyclic amines) is 1. The van der Waals surface area contributed by atoms with Gasteiger partial charge in [-0.25, -0.2) is 4.79 Å². The Labute approximate surface area is 154 Å². The predicted molar refractivity (Wildman–Crippen MR) is 106 cm³/mol. The van der Waals surface area contributed by atoms with Crippen LogP contribution in [0.5, 0.6) is 0 Å². The maximum Gasteiger partial charge on any atom is 0.410 e. The van der Waals surface area contributed by atoms with Gasteiger partial charge < -0.3 is 14.5 Å². The SMILES string of the molecule is CC.Cc1ccc(N(C)CC2CCN(C(=O)OC(C)(C)C)CC2)cc1. The van der Waals surface area contributed by atoms with Crippen LogP contribution in [0.25, 0.3) is 0 Å². The highest BCUT2D eigenvalue weighted by Crippen LogP contribution is 2.22. The van der Waals surface area contributed by atoms with Crippen LogP contribution in [-0.2, 0) is 4.74 Å². The third kappa shape index (κ3) is 7.37. The standard InChI is InChI=1S/C19H30N2O2.C2H6/c1-15-6-8-17(9-7-15)20(5)14-16-10-12-21(13-11-16)18(22)23-19(2,3)4;1-2/h6-9,16H,10-14H2,1-5H3;1-2H3. The molecule has 1 amide bonds. The average molecular weight is 349 g/mol. The molecule has 142 valence electrons. The second kappa shape index (κ2) is 9.69. The van der Waals surface area contributed by atoms with E-state index in [1.54, 1.807) is 0 Å². The van der Waals surface area contributed by atoms with Gasteiger partial charge in [0.2, 0.25) is 0 Å². The van der Waals surface area contributed by atoms with Crippen molar-refractivity contribution in [1.82, 2.24) is 4.90 Å². The van der Waals surface area contributed by atoms with E-state index >= 15 is 0 Å². The van der Waals surface area contributed by atoms with Crippen LogP contribution in [0.4, 0.5) is 10.5 Å². The van der Waals surface area contributed by atoms with Crippen molar-refractivity contribution in [3.63, 3.8) is 0 Å². The Hall–Kier alpha value is -1.71. The third-order valence-electron chi connectivity index (χ3n) is 4.27. The molecule has 0 atom stereocenters. The summed E-state index contributed by atoms with van der Waals surface area (Å²) < 4.78 is 5.45. The molecule has 0 N–H and O–H groups in total. The number of rotatable bonds is 3. The molecule has 25 heavy (non-hydrogen) atoms. The van der Waals surface area contributed by atoms with E-state index in [9.17, 15) is 4.79 Å². The first kappa shape index (κ1) is 21.3. The van der Waals surface area contributed by atoms with Gasteiger partial charge in [-0.1, -0.05) is 31.5 Å². The van der Waals surface area contributed by atoms with Gasteiger partial charge in [0, 0.05) is 32.4 Å². The highest BCUT2D eigenvalue weighted by molar-refractivity contribution is 5.68. The van der Waals surface area contributed by atoms with Crippen LogP contribution in [0, 0.1) is 12.8 Å². The zero-order chi connectivity index (χ0) is 19.0. The number of hydrogen-bond acceptors (Lipinski definition) is 3. The second-order valence-electron chi connectivity index (χ2n) is 7.63. The molecule has 1 heterocycles. The lowest BCUT2D eigenvalue weighted by Gasteiger charge is -2.35. The molecule has 1 aliphatic heterocycles. The van der Waals surface area contributed by atoms with Crippen molar-refractivity contribution in [2.24, 2.45) is 5.92 Å². The Balaban J connectivity index is 0.00000151. The summed E-state index contributed by atoms with van der Waals surface area (Å²) in [7, 11) is 2.14. The minimum Gasteiger partial charge on any atom is -0.444 e. The summed E-state index contributed by atoms with van der Waals surface area (Å²) in [5.41, 5.74) is 2.12. The van der Waals surface area contributed by atoms with Crippen LogP contribution in [-0.4, -0.2) is 43.3 Å². The number of aryl methyl sites for hydroxylation is 1. The zero-order valence-electron chi connectivity index (χ0n) is 17.1. The number of carbonyl (C=O) groups is 1. The Morgan fingerprint density at radius 3 is 2.16 bits per heavy atom. The molecule has 1 aromatic rings. The molecule has 0 saturated carbocycles. The summed E-state index contributed by atoms with van der Waals surface area (Å²) in [5.74, 6) is 0.625. The number of benzene rings is 1. The van der Waals surface area contributed by atoms with Crippen LogP contribution in [0.2, 0.25) is 0 Å². The van der Waals surface area contributed by atoms with Crippen molar-refractivity contribution in [2.45, 2.75) is 60.0 Å². The molecule has 0 unspecified atom stereocenters. The molecule has 4 nitrogen and oxygen atoms in total. The largest absolute Gasteiger partial charge is 0.444 e. The van der Waals surface area contributed by atoms with Crippen molar-refractivity contribution in [3.8, 4) is 0 Å². The number of ether oxygens (including phenoxy) is 1. The van der Waals surface area contributed by atoms with E-state index in [1.807, 2.05) is 39.5 Å². The summed E-state index contributed by atoms with van der Waals surface area (Å²) in [6, 6.07) is 8.64. The number of piperidine rings is 1. The number of anilines is 1. The first-order valence-corrected chi connectivity index (χ1v) is 9.50. The molecule has 1 aromatic carbocycles. The van der Waals surface area contributed by atoms with Gasteiger partial charge in [0.05, 0.1) is 0 Å². The van der Waals surface area contributed by atoms with Gasteiger partial charge in [0.25, 0.3) is 0 Å². The van der Waals surface area contributed by atoms with Gasteiger partial charge in [-0.3, -0.25) is 0 Å². The van der Waals surface area contributed by atoms with Crippen molar-refractivity contribution >= 4 is 11.8 Å². The Morgan fingerprint density at radius 1 is 1.16 bits per heavy atom. The Bertz CT molecular complexity index is 512. The van der Waals surface area contributed by atoms with Gasteiger partial charge in [-0.15, -0.1) is 0 Å². The molecule has 4 heteroatoms. The number of carbonyl (C=O) groups excluding carboxylic acids is 1. The van der Waals surface area contributed by atoms with Crippen molar-refractivity contribution in [1.29, 1.82) is 0 Å². The molecule has 0 aromatic heterocycles. The van der Waals surface area contributed by atoms with E-state index < -0.39 is 5.60 Å². The Kier molecular flexibility index (Phi) is 8.27. The van der Waals surface area contributed by atoms with E-state index in [0.29, 0.717) is 5.92 Å². The second-order valence-corrected chi connectivity index (χ2v) is 7.63. The van der Waals surface area contributed by atoms with Crippen LogP contribution >= 0.6 is 0 Å². The van der Waals surface area contributed by atoms with Gasteiger partial charge in [0.15, 0.2) is 0 Å². The Morgan fingerprint density at radius 2 is 1.68 bits per heavy atom. The molecule has 0 bridgehead atoms. The average Bonchev–Trinajstić information content (AvgIpc) is 2.56. The molecular formula is C21H36N2O2. The fourth-order valence-electron chi connectivity index (χ4n) is 2.92. The van der Waals surface area contributed by atoms with E-state index in [-0.39, 0.29) is 6.09 Å². The molecule has 1 saturated heterocycles. The smallest absolute Gasteiger partial charge is 0.410 e. The molecule has 0 radical (unpaired) electrons. The van der Waals surface area contributed by atoms with Gasteiger partial charge in [0.1, 0.15) is 5.60 Å². The normalized spacial score (nSPS) is 15.2. The molecule has 1 aliphatic rings. The van der Waals surface area contributed by atoms with Crippen LogP contribution in [0.15, 0.2) is 24.3 Å². The molecule has 0 spiro atoms. The van der Waals surface area contributed by atoms with Crippen molar-refractivity contribution < 1.29 is 9.53 Å². The predicted octanol–water partition coefficient (Wildman–Crippen LogP) is 5.10. The monoisotopic (exact) mass is 348 g/mol. The van der Waals surface area contributed by atoms with E-state index in [0.717, 1.165) is 32.5 Å². The minimum absolute atomic E-state index is 0.178. The van der Waals surface area contributed by atoms with E-state index in [2.05, 4.69) is 43.1 Å². The zero-order valence-corrected chi connectivity index (χ0v) is 17.1. The fraction of sp³-hybridized carbons (Fsp3) is 0.667. The summed E-state index contributed by atoms with van der Waals surface area (Å²) >= 11 is 0. The number of hydrogen-bond donors (Lipinski definition) is 0. The molecule has 1 fully saturated rings. The lowest BCUT2D eigenvalue weighted by atomic mass is 9.96. The lowest BCUT2D eigenvalue weighted by Crippen LogP contribution is -2.43. The third-order valence-corrected chi connectivity index (χ3v) is 4.27. The van der Waals surface area contributed by atoms with Gasteiger partial charge in [-0.05, 0) is 58.6 Å². The summed E-state index contributed by atoms with van der Waals surface area (Å²) in [5, 5.41) is 0. The van der Waals surface area contributed by atoms with Crippen LogP contribution in [0.1, 0.15) is 53.0 Å². The van der Waals surface area contributed by atoms with Crippen LogP contribution in [0.3, 0.4) is 0 Å².